The summed E-state index contributed by atoms with van der Waals surface area (Å²) in [7, 11) is 3.48. The second-order valence-electron chi connectivity index (χ2n) is 9.09. The van der Waals surface area contributed by atoms with Crippen LogP contribution in [0.1, 0.15) is 42.6 Å². The number of unbranched alkanes of at least 4 members (excludes halogenated alkanes) is 1. The van der Waals surface area contributed by atoms with Crippen LogP contribution in [-0.4, -0.2) is 82.0 Å². The van der Waals surface area contributed by atoms with Gasteiger partial charge in [0.1, 0.15) is 12.1 Å². The minimum absolute atomic E-state index is 0.0186. The molecule has 0 radical (unpaired) electrons. The van der Waals surface area contributed by atoms with Crippen molar-refractivity contribution in [2.75, 3.05) is 45.6 Å². The highest BCUT2D eigenvalue weighted by Gasteiger charge is 2.21. The number of anilines is 1. The molecule has 1 amide bonds. The van der Waals surface area contributed by atoms with E-state index >= 15 is 0 Å². The van der Waals surface area contributed by atoms with Gasteiger partial charge in [-0.3, -0.25) is 14.5 Å². The third-order valence-electron chi connectivity index (χ3n) is 6.21. The zero-order chi connectivity index (χ0) is 24.3. The number of aromatic nitrogens is 3. The van der Waals surface area contributed by atoms with Gasteiger partial charge in [-0.1, -0.05) is 6.07 Å². The number of carboxylic acid groups (broad SMARTS) is 1. The van der Waals surface area contributed by atoms with Crippen molar-refractivity contribution in [3.8, 4) is 0 Å². The van der Waals surface area contributed by atoms with Gasteiger partial charge in [-0.2, -0.15) is 0 Å². The van der Waals surface area contributed by atoms with Crippen molar-refractivity contribution in [2.45, 2.75) is 44.9 Å². The van der Waals surface area contributed by atoms with Crippen LogP contribution in [0.4, 0.5) is 5.82 Å². The van der Waals surface area contributed by atoms with Crippen LogP contribution in [0.15, 0.2) is 30.7 Å². The molecule has 1 aliphatic rings. The first kappa shape index (κ1) is 25.6. The van der Waals surface area contributed by atoms with Gasteiger partial charge < -0.3 is 15.3 Å². The van der Waals surface area contributed by atoms with Crippen LogP contribution < -0.4 is 5.32 Å². The molecule has 184 valence electrons. The van der Waals surface area contributed by atoms with Crippen molar-refractivity contribution in [3.63, 3.8) is 0 Å². The van der Waals surface area contributed by atoms with Gasteiger partial charge in [0.05, 0.1) is 12.5 Å². The summed E-state index contributed by atoms with van der Waals surface area (Å²) in [5, 5.41) is 13.1. The van der Waals surface area contributed by atoms with Gasteiger partial charge in [0.2, 0.25) is 5.91 Å². The fourth-order valence-electron chi connectivity index (χ4n) is 4.09. The van der Waals surface area contributed by atoms with Crippen LogP contribution in [0.25, 0.3) is 0 Å². The number of hydrogen-bond donors (Lipinski definition) is 2. The lowest BCUT2D eigenvalue weighted by Crippen LogP contribution is -2.38. The van der Waals surface area contributed by atoms with E-state index in [9.17, 15) is 14.7 Å². The third kappa shape index (κ3) is 8.06. The van der Waals surface area contributed by atoms with E-state index in [0.29, 0.717) is 25.1 Å². The maximum Gasteiger partial charge on any atom is 0.306 e. The molecule has 34 heavy (non-hydrogen) atoms. The van der Waals surface area contributed by atoms with Crippen molar-refractivity contribution in [3.05, 3.63) is 47.7 Å². The lowest BCUT2D eigenvalue weighted by atomic mass is 9.99. The van der Waals surface area contributed by atoms with Crippen LogP contribution in [0.3, 0.4) is 0 Å². The van der Waals surface area contributed by atoms with Gasteiger partial charge in [0.15, 0.2) is 0 Å². The molecule has 1 atom stereocenters. The summed E-state index contributed by atoms with van der Waals surface area (Å²) in [5.74, 6) is -0.362. The van der Waals surface area contributed by atoms with Crippen molar-refractivity contribution in [1.82, 2.24) is 24.8 Å². The topological polar surface area (TPSA) is 112 Å². The number of fused-ring (bicyclic) bond motifs is 1. The summed E-state index contributed by atoms with van der Waals surface area (Å²) >= 11 is 0. The summed E-state index contributed by atoms with van der Waals surface area (Å²) in [6.45, 7) is 2.55. The molecule has 3 rings (SSSR count). The van der Waals surface area contributed by atoms with Crippen LogP contribution >= 0.6 is 0 Å². The molecule has 0 saturated carbocycles. The number of carbonyl (C=O) groups is 2. The van der Waals surface area contributed by atoms with Crippen molar-refractivity contribution in [1.29, 1.82) is 0 Å². The highest BCUT2D eigenvalue weighted by Crippen LogP contribution is 2.20. The minimum Gasteiger partial charge on any atom is -0.481 e. The summed E-state index contributed by atoms with van der Waals surface area (Å²) in [6, 6.07) is 6.03. The number of carbonyl (C=O) groups excluding carboxylic acids is 1. The number of aryl methyl sites for hydroxylation is 2. The number of rotatable bonds is 13. The van der Waals surface area contributed by atoms with E-state index in [-0.39, 0.29) is 12.5 Å². The van der Waals surface area contributed by atoms with E-state index in [1.165, 1.54) is 11.9 Å². The molecule has 3 heterocycles. The second kappa shape index (κ2) is 13.0. The molecule has 0 bridgehead atoms. The molecule has 2 N–H and O–H groups in total. The van der Waals surface area contributed by atoms with Gasteiger partial charge in [0, 0.05) is 44.6 Å². The quantitative estimate of drug-likeness (QED) is 0.431. The number of hydrogen-bond acceptors (Lipinski definition) is 7. The Morgan fingerprint density at radius 2 is 2.00 bits per heavy atom. The smallest absolute Gasteiger partial charge is 0.306 e. The molecule has 0 spiro atoms. The Labute approximate surface area is 201 Å². The molecule has 9 heteroatoms. The highest BCUT2D eigenvalue weighted by molar-refractivity contribution is 5.77. The van der Waals surface area contributed by atoms with Crippen molar-refractivity contribution < 1.29 is 14.7 Å². The molecular weight excluding hydrogens is 432 g/mol. The predicted molar refractivity (Wildman–Crippen MR) is 131 cm³/mol. The average Bonchev–Trinajstić information content (AvgIpc) is 2.84. The largest absolute Gasteiger partial charge is 0.481 e. The van der Waals surface area contributed by atoms with E-state index in [2.05, 4.69) is 32.3 Å². The van der Waals surface area contributed by atoms with E-state index in [1.54, 1.807) is 31.3 Å². The molecule has 1 aliphatic heterocycles. The predicted octanol–water partition coefficient (Wildman–Crippen LogP) is 2.28. The average molecular weight is 469 g/mol. The molecular formula is C25H36N6O3. The number of pyridine rings is 1. The molecule has 0 aliphatic carbocycles. The normalized spacial score (nSPS) is 13.7. The molecule has 9 nitrogen and oxygen atoms in total. The lowest BCUT2D eigenvalue weighted by Gasteiger charge is -2.25. The number of nitrogens with one attached hydrogen (secondary N) is 1. The minimum atomic E-state index is -0.843. The van der Waals surface area contributed by atoms with Crippen LogP contribution in [0.2, 0.25) is 0 Å². The van der Waals surface area contributed by atoms with E-state index in [0.717, 1.165) is 56.7 Å². The number of likely N-dealkylation sites (N-methyl/N-ethyl adjacent to an activating group) is 1. The summed E-state index contributed by atoms with van der Waals surface area (Å²) < 4.78 is 0. The summed E-state index contributed by atoms with van der Waals surface area (Å²) in [4.78, 5) is 40.6. The molecule has 2 aromatic rings. The van der Waals surface area contributed by atoms with Gasteiger partial charge in [0.25, 0.3) is 0 Å². The van der Waals surface area contributed by atoms with Crippen molar-refractivity contribution >= 4 is 17.7 Å². The maximum absolute atomic E-state index is 12.3. The first-order valence-electron chi connectivity index (χ1n) is 12.0. The Bertz CT molecular complexity index is 938. The van der Waals surface area contributed by atoms with Crippen molar-refractivity contribution in [2.24, 2.45) is 5.92 Å². The second-order valence-corrected chi connectivity index (χ2v) is 9.09. The van der Waals surface area contributed by atoms with Gasteiger partial charge in [-0.25, -0.2) is 15.0 Å². The Hall–Kier alpha value is -3.07. The number of aliphatic carboxylic acids is 1. The lowest BCUT2D eigenvalue weighted by molar-refractivity contribution is -0.142. The van der Waals surface area contributed by atoms with Gasteiger partial charge in [-0.15, -0.1) is 0 Å². The van der Waals surface area contributed by atoms with Gasteiger partial charge in [-0.05, 0) is 69.3 Å². The summed E-state index contributed by atoms with van der Waals surface area (Å²) in [5.41, 5.74) is 3.09. The zero-order valence-electron chi connectivity index (χ0n) is 20.2. The van der Waals surface area contributed by atoms with Crippen LogP contribution in [-0.2, 0) is 28.9 Å². The highest BCUT2D eigenvalue weighted by atomic mass is 16.4. The molecule has 0 saturated heterocycles. The van der Waals surface area contributed by atoms with Crippen LogP contribution in [0.5, 0.6) is 0 Å². The van der Waals surface area contributed by atoms with E-state index in [1.807, 2.05) is 0 Å². The molecule has 0 fully saturated rings. The Morgan fingerprint density at radius 1 is 1.15 bits per heavy atom. The van der Waals surface area contributed by atoms with E-state index < -0.39 is 11.9 Å². The molecule has 2 aromatic heterocycles. The number of nitrogens with zero attached hydrogens (tertiary/aromatic N) is 5. The monoisotopic (exact) mass is 468 g/mol. The fraction of sp³-hybridized carbons (Fsp3) is 0.560. The number of amides is 1. The zero-order valence-corrected chi connectivity index (χ0v) is 20.2. The SMILES string of the molecule is CN(C)C(=O)CN(CCCCc1ccc2c(n1)NCCC2)CC[C@H](Cc1ccncn1)C(=O)O. The first-order chi connectivity index (χ1) is 16.4. The Morgan fingerprint density at radius 3 is 2.74 bits per heavy atom. The number of carboxylic acids is 1. The standard InChI is InChI=1S/C25H36N6O3/c1-30(2)23(32)17-31(15-11-20(25(33)34)16-22-10-13-26-18-28-22)14-4-3-7-21-9-8-19-6-5-12-27-24(19)29-21/h8-10,13,18,20H,3-7,11-12,14-17H2,1-2H3,(H,27,29)(H,33,34)/t20-/m1/s1. The molecule has 0 aromatic carbocycles. The maximum atomic E-state index is 12.3. The Balaban J connectivity index is 1.51. The molecule has 0 unspecified atom stereocenters. The third-order valence-corrected chi connectivity index (χ3v) is 6.21. The Kier molecular flexibility index (Phi) is 9.75. The van der Waals surface area contributed by atoms with E-state index in [4.69, 9.17) is 4.98 Å². The summed E-state index contributed by atoms with van der Waals surface area (Å²) in [6.07, 6.45) is 8.86. The van der Waals surface area contributed by atoms with Gasteiger partial charge >= 0.3 is 5.97 Å². The van der Waals surface area contributed by atoms with Crippen LogP contribution in [0, 0.1) is 5.92 Å². The fourth-order valence-corrected chi connectivity index (χ4v) is 4.09. The first-order valence-corrected chi connectivity index (χ1v) is 12.0.